The largest absolute Gasteiger partial charge is 0.482 e. The molecule has 0 fully saturated rings. The van der Waals surface area contributed by atoms with Crippen LogP contribution >= 0.6 is 15.9 Å². The Balaban J connectivity index is 1.89. The highest BCUT2D eigenvalue weighted by Gasteiger charge is 2.21. The van der Waals surface area contributed by atoms with Crippen LogP contribution in [0.3, 0.4) is 0 Å². The van der Waals surface area contributed by atoms with Gasteiger partial charge in [-0.15, -0.1) is 0 Å². The van der Waals surface area contributed by atoms with Gasteiger partial charge in [-0.05, 0) is 23.3 Å². The summed E-state index contributed by atoms with van der Waals surface area (Å²) in [5.41, 5.74) is 1.20. The lowest BCUT2D eigenvalue weighted by atomic mass is 10.1. The maximum Gasteiger partial charge on any atom is 0.227 e. The molecule has 0 aliphatic heterocycles. The van der Waals surface area contributed by atoms with E-state index in [1.54, 1.807) is 12.1 Å². The Bertz CT molecular complexity index is 857. The van der Waals surface area contributed by atoms with Gasteiger partial charge in [0.2, 0.25) is 11.2 Å². The van der Waals surface area contributed by atoms with Crippen LogP contribution in [0.1, 0.15) is 23.0 Å². The standard InChI is InChI=1S/C19H15BrO4/c20-15-8-6-14(7-9-15)17(22)19-18(16(21)10-11-23-19)24-12-13-4-2-1-3-5-13/h1-11,17,22H,12H2. The monoisotopic (exact) mass is 386 g/mol. The van der Waals surface area contributed by atoms with Gasteiger partial charge >= 0.3 is 0 Å². The predicted octanol–water partition coefficient (Wildman–Crippen LogP) is 4.06. The molecule has 2 aromatic carbocycles. The Morgan fingerprint density at radius 3 is 2.46 bits per heavy atom. The van der Waals surface area contributed by atoms with Gasteiger partial charge in [0, 0.05) is 10.5 Å². The minimum absolute atomic E-state index is 0.0248. The van der Waals surface area contributed by atoms with Crippen molar-refractivity contribution in [1.29, 1.82) is 0 Å². The van der Waals surface area contributed by atoms with E-state index in [0.717, 1.165) is 10.0 Å². The van der Waals surface area contributed by atoms with E-state index >= 15 is 0 Å². The number of benzene rings is 2. The highest BCUT2D eigenvalue weighted by Crippen LogP contribution is 2.28. The number of hydrogen-bond acceptors (Lipinski definition) is 4. The Hall–Kier alpha value is -2.37. The van der Waals surface area contributed by atoms with Crippen molar-refractivity contribution in [2.24, 2.45) is 0 Å². The van der Waals surface area contributed by atoms with Gasteiger partial charge < -0.3 is 14.3 Å². The van der Waals surface area contributed by atoms with Gasteiger partial charge in [-0.3, -0.25) is 4.79 Å². The lowest BCUT2D eigenvalue weighted by Crippen LogP contribution is -2.12. The van der Waals surface area contributed by atoms with Crippen molar-refractivity contribution in [3.05, 3.63) is 98.5 Å². The van der Waals surface area contributed by atoms with Crippen LogP contribution in [0.2, 0.25) is 0 Å². The van der Waals surface area contributed by atoms with E-state index in [9.17, 15) is 9.90 Å². The Morgan fingerprint density at radius 2 is 1.75 bits per heavy atom. The van der Waals surface area contributed by atoms with Gasteiger partial charge in [0.05, 0.1) is 6.26 Å². The van der Waals surface area contributed by atoms with E-state index in [-0.39, 0.29) is 23.5 Å². The second kappa shape index (κ2) is 7.47. The van der Waals surface area contributed by atoms with Crippen molar-refractivity contribution >= 4 is 15.9 Å². The number of aliphatic hydroxyl groups is 1. The van der Waals surface area contributed by atoms with Crippen molar-refractivity contribution < 1.29 is 14.3 Å². The summed E-state index contributed by atoms with van der Waals surface area (Å²) in [4.78, 5) is 12.1. The third-order valence-corrected chi connectivity index (χ3v) is 4.05. The smallest absolute Gasteiger partial charge is 0.227 e. The summed E-state index contributed by atoms with van der Waals surface area (Å²) in [5, 5.41) is 10.6. The first kappa shape index (κ1) is 16.5. The predicted molar refractivity (Wildman–Crippen MR) is 94.0 cm³/mol. The molecule has 1 atom stereocenters. The van der Waals surface area contributed by atoms with Crippen LogP contribution in [0.25, 0.3) is 0 Å². The molecule has 3 aromatic rings. The molecule has 0 saturated heterocycles. The molecule has 0 spiro atoms. The Morgan fingerprint density at radius 1 is 1.04 bits per heavy atom. The minimum atomic E-state index is -1.09. The van der Waals surface area contributed by atoms with Crippen LogP contribution in [0.15, 0.2) is 80.6 Å². The summed E-state index contributed by atoms with van der Waals surface area (Å²) in [6.07, 6.45) is 0.174. The van der Waals surface area contributed by atoms with Crippen molar-refractivity contribution in [3.63, 3.8) is 0 Å². The number of aliphatic hydroxyl groups excluding tert-OH is 1. The molecule has 1 unspecified atom stereocenters. The summed E-state index contributed by atoms with van der Waals surface area (Å²) in [7, 11) is 0. The third kappa shape index (κ3) is 3.75. The fraction of sp³-hybridized carbons (Fsp3) is 0.105. The van der Waals surface area contributed by atoms with Gasteiger partial charge in [-0.2, -0.15) is 0 Å². The van der Waals surface area contributed by atoms with Crippen LogP contribution in [-0.2, 0) is 6.61 Å². The van der Waals surface area contributed by atoms with Gasteiger partial charge in [-0.1, -0.05) is 58.4 Å². The molecular weight excluding hydrogens is 372 g/mol. The zero-order chi connectivity index (χ0) is 16.9. The summed E-state index contributed by atoms with van der Waals surface area (Å²) >= 11 is 3.35. The maximum absolute atomic E-state index is 12.1. The number of halogens is 1. The maximum atomic E-state index is 12.1. The van der Waals surface area contributed by atoms with E-state index in [2.05, 4.69) is 15.9 Å². The highest BCUT2D eigenvalue weighted by atomic mass is 79.9. The SMILES string of the molecule is O=c1ccoc(C(O)c2ccc(Br)cc2)c1OCc1ccccc1. The molecule has 0 aliphatic rings. The van der Waals surface area contributed by atoms with Crippen LogP contribution in [-0.4, -0.2) is 5.11 Å². The number of ether oxygens (including phenoxy) is 1. The summed E-state index contributed by atoms with van der Waals surface area (Å²) in [5.74, 6) is 0.123. The molecule has 0 saturated carbocycles. The second-order valence-corrected chi connectivity index (χ2v) is 6.12. The van der Waals surface area contributed by atoms with Crippen LogP contribution < -0.4 is 10.2 Å². The van der Waals surface area contributed by atoms with E-state index in [1.165, 1.54) is 12.3 Å². The molecule has 0 aliphatic carbocycles. The van der Waals surface area contributed by atoms with E-state index in [0.29, 0.717) is 5.56 Å². The first-order valence-corrected chi connectivity index (χ1v) is 8.16. The molecule has 0 radical (unpaired) electrons. The Labute approximate surface area is 147 Å². The van der Waals surface area contributed by atoms with Gasteiger partial charge in [0.25, 0.3) is 0 Å². The molecule has 1 aromatic heterocycles. The molecule has 0 bridgehead atoms. The molecule has 1 N–H and O–H groups in total. The normalized spacial score (nSPS) is 11.9. The summed E-state index contributed by atoms with van der Waals surface area (Å²) in [6, 6.07) is 17.9. The fourth-order valence-electron chi connectivity index (χ4n) is 2.28. The van der Waals surface area contributed by atoms with Crippen LogP contribution in [0, 0.1) is 0 Å². The topological polar surface area (TPSA) is 59.7 Å². The van der Waals surface area contributed by atoms with Gasteiger partial charge in [0.15, 0.2) is 5.76 Å². The fourth-order valence-corrected chi connectivity index (χ4v) is 2.54. The van der Waals surface area contributed by atoms with Crippen molar-refractivity contribution in [1.82, 2.24) is 0 Å². The molecule has 4 nitrogen and oxygen atoms in total. The number of rotatable bonds is 5. The third-order valence-electron chi connectivity index (χ3n) is 3.52. The first-order chi connectivity index (χ1) is 11.6. The average Bonchev–Trinajstić information content (AvgIpc) is 2.61. The van der Waals surface area contributed by atoms with Crippen LogP contribution in [0.4, 0.5) is 0 Å². The van der Waals surface area contributed by atoms with Crippen molar-refractivity contribution in [3.8, 4) is 5.75 Å². The summed E-state index contributed by atoms with van der Waals surface area (Å²) in [6.45, 7) is 0.218. The zero-order valence-corrected chi connectivity index (χ0v) is 14.3. The second-order valence-electron chi connectivity index (χ2n) is 5.21. The molecule has 24 heavy (non-hydrogen) atoms. The zero-order valence-electron chi connectivity index (χ0n) is 12.7. The minimum Gasteiger partial charge on any atom is -0.482 e. The molecule has 1 heterocycles. The molecule has 3 rings (SSSR count). The van der Waals surface area contributed by atoms with E-state index in [4.69, 9.17) is 9.15 Å². The first-order valence-electron chi connectivity index (χ1n) is 7.37. The highest BCUT2D eigenvalue weighted by molar-refractivity contribution is 9.10. The molecule has 0 amide bonds. The van der Waals surface area contributed by atoms with Crippen molar-refractivity contribution in [2.45, 2.75) is 12.7 Å². The molecule has 122 valence electrons. The van der Waals surface area contributed by atoms with Gasteiger partial charge in [0.1, 0.15) is 12.7 Å². The lowest BCUT2D eigenvalue weighted by molar-refractivity contribution is 0.171. The lowest BCUT2D eigenvalue weighted by Gasteiger charge is -2.14. The average molecular weight is 387 g/mol. The van der Waals surface area contributed by atoms with E-state index < -0.39 is 6.10 Å². The van der Waals surface area contributed by atoms with Crippen molar-refractivity contribution in [2.75, 3.05) is 0 Å². The molecule has 5 heteroatoms. The van der Waals surface area contributed by atoms with Crippen LogP contribution in [0.5, 0.6) is 5.75 Å². The quantitative estimate of drug-likeness (QED) is 0.717. The molecular formula is C19H15BrO4. The number of hydrogen-bond donors (Lipinski definition) is 1. The van der Waals surface area contributed by atoms with Gasteiger partial charge in [-0.25, -0.2) is 0 Å². The Kier molecular flexibility index (Phi) is 5.13. The summed E-state index contributed by atoms with van der Waals surface area (Å²) < 4.78 is 11.9. The van der Waals surface area contributed by atoms with E-state index in [1.807, 2.05) is 42.5 Å².